The van der Waals surface area contributed by atoms with E-state index in [1.807, 2.05) is 60.8 Å². The maximum Gasteiger partial charge on any atom is 0.247 e. The van der Waals surface area contributed by atoms with Crippen LogP contribution in [0.1, 0.15) is 53.3 Å². The molecule has 1 atom stereocenters. The molecule has 1 aliphatic carbocycles. The van der Waals surface area contributed by atoms with Crippen LogP contribution in [0.25, 0.3) is 0 Å². The predicted molar refractivity (Wildman–Crippen MR) is 127 cm³/mol. The summed E-state index contributed by atoms with van der Waals surface area (Å²) in [5.74, 6) is -0.173. The molecule has 0 spiro atoms. The van der Waals surface area contributed by atoms with E-state index >= 15 is 0 Å². The maximum atomic E-state index is 13.6. The third-order valence-electron chi connectivity index (χ3n) is 5.96. The molecule has 1 fully saturated rings. The Morgan fingerprint density at radius 2 is 1.91 bits per heavy atom. The zero-order chi connectivity index (χ0) is 22.3. The van der Waals surface area contributed by atoms with Gasteiger partial charge in [0.25, 0.3) is 0 Å². The highest BCUT2D eigenvalue weighted by Gasteiger charge is 2.33. The molecular formula is C26H29N3O2S. The minimum Gasteiger partial charge on any atom is -0.351 e. The van der Waals surface area contributed by atoms with Crippen molar-refractivity contribution in [2.45, 2.75) is 57.7 Å². The smallest absolute Gasteiger partial charge is 0.247 e. The van der Waals surface area contributed by atoms with E-state index in [1.165, 1.54) is 0 Å². The van der Waals surface area contributed by atoms with Crippen LogP contribution < -0.4 is 5.32 Å². The van der Waals surface area contributed by atoms with E-state index in [9.17, 15) is 9.59 Å². The van der Waals surface area contributed by atoms with Crippen molar-refractivity contribution in [1.29, 1.82) is 0 Å². The van der Waals surface area contributed by atoms with Crippen molar-refractivity contribution in [3.8, 4) is 0 Å². The summed E-state index contributed by atoms with van der Waals surface area (Å²) in [7, 11) is 0. The molecule has 5 nitrogen and oxygen atoms in total. The van der Waals surface area contributed by atoms with E-state index in [-0.39, 0.29) is 24.3 Å². The minimum absolute atomic E-state index is 0.0662. The van der Waals surface area contributed by atoms with Crippen molar-refractivity contribution in [2.24, 2.45) is 0 Å². The summed E-state index contributed by atoms with van der Waals surface area (Å²) < 4.78 is 0. The van der Waals surface area contributed by atoms with Crippen LogP contribution in [-0.4, -0.2) is 27.7 Å². The lowest BCUT2D eigenvalue weighted by molar-refractivity contribution is -0.141. The molecule has 0 bridgehead atoms. The first-order valence-corrected chi connectivity index (χ1v) is 12.1. The van der Waals surface area contributed by atoms with Gasteiger partial charge in [-0.3, -0.25) is 14.6 Å². The molecule has 0 radical (unpaired) electrons. The zero-order valence-corrected chi connectivity index (χ0v) is 19.2. The van der Waals surface area contributed by atoms with Gasteiger partial charge in [0.1, 0.15) is 6.04 Å². The summed E-state index contributed by atoms with van der Waals surface area (Å²) in [4.78, 5) is 34.1. The monoisotopic (exact) mass is 447 g/mol. The fraction of sp³-hybridized carbons (Fsp3) is 0.346. The lowest BCUT2D eigenvalue weighted by Crippen LogP contribution is -2.46. The molecule has 2 aromatic heterocycles. The van der Waals surface area contributed by atoms with Gasteiger partial charge in [0, 0.05) is 29.9 Å². The summed E-state index contributed by atoms with van der Waals surface area (Å²) in [6.07, 6.45) is 8.01. The normalized spacial score (nSPS) is 14.8. The number of aryl methyl sites for hydroxylation is 1. The van der Waals surface area contributed by atoms with Crippen molar-refractivity contribution >= 4 is 23.2 Å². The molecular weight excluding hydrogens is 418 g/mol. The van der Waals surface area contributed by atoms with Crippen LogP contribution in [0.2, 0.25) is 0 Å². The number of rotatable bonds is 8. The van der Waals surface area contributed by atoms with Crippen molar-refractivity contribution in [2.75, 3.05) is 0 Å². The first-order chi connectivity index (χ1) is 15.6. The molecule has 2 amide bonds. The average molecular weight is 448 g/mol. The van der Waals surface area contributed by atoms with Crippen LogP contribution in [0.5, 0.6) is 0 Å². The largest absolute Gasteiger partial charge is 0.351 e. The van der Waals surface area contributed by atoms with E-state index in [1.54, 1.807) is 28.6 Å². The molecule has 4 rings (SSSR count). The van der Waals surface area contributed by atoms with E-state index in [0.717, 1.165) is 47.3 Å². The standard InChI is InChI=1S/C26H29N3O2S/c1-19-10-12-21(13-11-19)25(26(31)28-22-7-2-3-8-22)29(18-20-6-4-14-27-17-20)24(30)16-23-9-5-15-32-23/h4-6,9-15,17,22,25H,2-3,7-8,16,18H2,1H3,(H,28,31). The molecule has 166 valence electrons. The Balaban J connectivity index is 1.68. The number of hydrogen-bond acceptors (Lipinski definition) is 4. The summed E-state index contributed by atoms with van der Waals surface area (Å²) in [6, 6.07) is 15.1. The van der Waals surface area contributed by atoms with Gasteiger partial charge in [-0.25, -0.2) is 0 Å². The number of amides is 2. The quantitative estimate of drug-likeness (QED) is 0.538. The molecule has 32 heavy (non-hydrogen) atoms. The number of carbonyl (C=O) groups excluding carboxylic acids is 2. The van der Waals surface area contributed by atoms with Gasteiger partial charge in [-0.05, 0) is 48.4 Å². The fourth-order valence-electron chi connectivity index (χ4n) is 4.25. The van der Waals surface area contributed by atoms with Gasteiger partial charge in [-0.15, -0.1) is 11.3 Å². The number of benzene rings is 1. The zero-order valence-electron chi connectivity index (χ0n) is 18.4. The second-order valence-electron chi connectivity index (χ2n) is 8.44. The van der Waals surface area contributed by atoms with E-state index in [2.05, 4.69) is 10.3 Å². The first-order valence-electron chi connectivity index (χ1n) is 11.2. The van der Waals surface area contributed by atoms with Crippen LogP contribution in [0.3, 0.4) is 0 Å². The second kappa shape index (κ2) is 10.6. The molecule has 1 N–H and O–H groups in total. The lowest BCUT2D eigenvalue weighted by atomic mass is 10.0. The second-order valence-corrected chi connectivity index (χ2v) is 9.47. The van der Waals surface area contributed by atoms with Crippen molar-refractivity contribution in [3.05, 3.63) is 87.9 Å². The minimum atomic E-state index is -0.691. The summed E-state index contributed by atoms with van der Waals surface area (Å²) >= 11 is 1.56. The summed E-state index contributed by atoms with van der Waals surface area (Å²) in [6.45, 7) is 2.35. The highest BCUT2D eigenvalue weighted by atomic mass is 32.1. The molecule has 2 heterocycles. The van der Waals surface area contributed by atoms with Crippen LogP contribution in [0.4, 0.5) is 0 Å². The van der Waals surface area contributed by atoms with E-state index in [0.29, 0.717) is 6.54 Å². The highest BCUT2D eigenvalue weighted by Crippen LogP contribution is 2.27. The number of pyridine rings is 1. The van der Waals surface area contributed by atoms with Gasteiger partial charge in [-0.2, -0.15) is 0 Å². The van der Waals surface area contributed by atoms with Gasteiger partial charge in [0.05, 0.1) is 6.42 Å². The van der Waals surface area contributed by atoms with Gasteiger partial charge in [0.15, 0.2) is 0 Å². The summed E-state index contributed by atoms with van der Waals surface area (Å²) in [5.41, 5.74) is 2.85. The number of hydrogen-bond donors (Lipinski definition) is 1. The van der Waals surface area contributed by atoms with Crippen LogP contribution in [0, 0.1) is 6.92 Å². The van der Waals surface area contributed by atoms with Gasteiger partial charge < -0.3 is 10.2 Å². The molecule has 6 heteroatoms. The van der Waals surface area contributed by atoms with Crippen molar-refractivity contribution in [1.82, 2.24) is 15.2 Å². The topological polar surface area (TPSA) is 62.3 Å². The highest BCUT2D eigenvalue weighted by molar-refractivity contribution is 7.10. The van der Waals surface area contributed by atoms with Gasteiger partial charge >= 0.3 is 0 Å². The Kier molecular flexibility index (Phi) is 7.32. The number of nitrogens with zero attached hydrogens (tertiary/aromatic N) is 2. The molecule has 1 unspecified atom stereocenters. The predicted octanol–water partition coefficient (Wildman–Crippen LogP) is 4.82. The number of carbonyl (C=O) groups is 2. The maximum absolute atomic E-state index is 13.6. The molecule has 0 aliphatic heterocycles. The Labute approximate surface area is 193 Å². The first kappa shape index (κ1) is 22.2. The lowest BCUT2D eigenvalue weighted by Gasteiger charge is -2.32. The Hall–Kier alpha value is -2.99. The third-order valence-corrected chi connectivity index (χ3v) is 6.83. The van der Waals surface area contributed by atoms with Gasteiger partial charge in [-0.1, -0.05) is 54.8 Å². The number of thiophene rings is 1. The van der Waals surface area contributed by atoms with E-state index in [4.69, 9.17) is 0 Å². The van der Waals surface area contributed by atoms with Gasteiger partial charge in [0.2, 0.25) is 11.8 Å². The van der Waals surface area contributed by atoms with Crippen LogP contribution in [-0.2, 0) is 22.6 Å². The molecule has 1 aliphatic rings. The average Bonchev–Trinajstić information content (AvgIpc) is 3.50. The SMILES string of the molecule is Cc1ccc(C(C(=O)NC2CCCC2)N(Cc2cccnc2)C(=O)Cc2cccs2)cc1. The number of aromatic nitrogens is 1. The Morgan fingerprint density at radius 3 is 2.56 bits per heavy atom. The number of nitrogens with one attached hydrogen (secondary N) is 1. The molecule has 1 saturated carbocycles. The molecule has 0 saturated heterocycles. The van der Waals surface area contributed by atoms with Crippen LogP contribution >= 0.6 is 11.3 Å². The molecule has 1 aromatic carbocycles. The molecule has 3 aromatic rings. The summed E-state index contributed by atoms with van der Waals surface area (Å²) in [5, 5.41) is 5.20. The van der Waals surface area contributed by atoms with Crippen molar-refractivity contribution in [3.63, 3.8) is 0 Å². The fourth-order valence-corrected chi connectivity index (χ4v) is 4.94. The van der Waals surface area contributed by atoms with E-state index < -0.39 is 6.04 Å². The Morgan fingerprint density at radius 1 is 1.12 bits per heavy atom. The van der Waals surface area contributed by atoms with Crippen LogP contribution in [0.15, 0.2) is 66.3 Å². The Bertz CT molecular complexity index is 1010. The van der Waals surface area contributed by atoms with Crippen molar-refractivity contribution < 1.29 is 9.59 Å². The third kappa shape index (κ3) is 5.62.